The number of fused-ring (bicyclic) bond motifs is 1. The molecule has 0 aromatic heterocycles. The van der Waals surface area contributed by atoms with E-state index in [9.17, 15) is 14.7 Å². The predicted molar refractivity (Wildman–Crippen MR) is 79.9 cm³/mol. The molecule has 5 heteroatoms. The molecular weight excluding hydrogens is 268 g/mol. The van der Waals surface area contributed by atoms with Crippen LogP contribution in [0.2, 0.25) is 0 Å². The van der Waals surface area contributed by atoms with Crippen LogP contribution in [-0.4, -0.2) is 34.6 Å². The fraction of sp³-hybridized carbons (Fsp3) is 0.375. The highest BCUT2D eigenvalue weighted by atomic mass is 16.4. The molecule has 1 aliphatic heterocycles. The zero-order valence-corrected chi connectivity index (χ0v) is 12.1. The summed E-state index contributed by atoms with van der Waals surface area (Å²) in [5.41, 5.74) is 2.02. The van der Waals surface area contributed by atoms with Gasteiger partial charge in [-0.3, -0.25) is 0 Å². The minimum Gasteiger partial charge on any atom is -0.480 e. The zero-order chi connectivity index (χ0) is 15.2. The van der Waals surface area contributed by atoms with Crippen molar-refractivity contribution in [2.75, 3.05) is 6.54 Å². The van der Waals surface area contributed by atoms with Crippen LogP contribution >= 0.6 is 0 Å². The second-order valence-corrected chi connectivity index (χ2v) is 5.04. The SMILES string of the molecule is C/C=C/CCNC(=O)N1Cc2ccccc2C[C@H]1C(=O)O. The summed E-state index contributed by atoms with van der Waals surface area (Å²) in [7, 11) is 0. The molecule has 0 radical (unpaired) electrons. The van der Waals surface area contributed by atoms with E-state index in [2.05, 4.69) is 5.32 Å². The van der Waals surface area contributed by atoms with Gasteiger partial charge in [0.25, 0.3) is 0 Å². The third kappa shape index (κ3) is 3.62. The van der Waals surface area contributed by atoms with Gasteiger partial charge in [0.2, 0.25) is 0 Å². The molecule has 2 amide bonds. The molecule has 0 unspecified atom stereocenters. The van der Waals surface area contributed by atoms with Crippen molar-refractivity contribution in [2.45, 2.75) is 32.4 Å². The van der Waals surface area contributed by atoms with E-state index < -0.39 is 12.0 Å². The summed E-state index contributed by atoms with van der Waals surface area (Å²) in [6.07, 6.45) is 4.97. The van der Waals surface area contributed by atoms with Gasteiger partial charge in [-0.05, 0) is 24.5 Å². The Hall–Kier alpha value is -2.30. The summed E-state index contributed by atoms with van der Waals surface area (Å²) in [5.74, 6) is -0.965. The van der Waals surface area contributed by atoms with E-state index in [0.29, 0.717) is 19.5 Å². The molecule has 0 bridgehead atoms. The maximum Gasteiger partial charge on any atom is 0.326 e. The maximum absolute atomic E-state index is 12.2. The Morgan fingerprint density at radius 1 is 1.38 bits per heavy atom. The molecule has 0 aliphatic carbocycles. The average Bonchev–Trinajstić information content (AvgIpc) is 2.50. The van der Waals surface area contributed by atoms with Crippen LogP contribution in [0.5, 0.6) is 0 Å². The molecule has 2 rings (SSSR count). The molecule has 1 aromatic rings. The summed E-state index contributed by atoms with van der Waals surface area (Å²) in [6, 6.07) is 6.54. The summed E-state index contributed by atoms with van der Waals surface area (Å²) in [5, 5.41) is 12.1. The zero-order valence-electron chi connectivity index (χ0n) is 12.1. The van der Waals surface area contributed by atoms with Gasteiger partial charge in [0.15, 0.2) is 0 Å². The van der Waals surface area contributed by atoms with Crippen LogP contribution in [0, 0.1) is 0 Å². The Balaban J connectivity index is 2.09. The number of allylic oxidation sites excluding steroid dienone is 1. The van der Waals surface area contributed by atoms with Crippen molar-refractivity contribution < 1.29 is 14.7 Å². The molecule has 1 aromatic carbocycles. The number of hydrogen-bond donors (Lipinski definition) is 2. The molecule has 1 heterocycles. The molecular formula is C16H20N2O3. The highest BCUT2D eigenvalue weighted by Crippen LogP contribution is 2.23. The van der Waals surface area contributed by atoms with E-state index in [1.54, 1.807) is 0 Å². The third-order valence-electron chi connectivity index (χ3n) is 3.62. The monoisotopic (exact) mass is 288 g/mol. The Kier molecular flexibility index (Phi) is 4.98. The van der Waals surface area contributed by atoms with Gasteiger partial charge in [0, 0.05) is 19.5 Å². The number of hydrogen-bond acceptors (Lipinski definition) is 2. The van der Waals surface area contributed by atoms with Crippen molar-refractivity contribution in [1.82, 2.24) is 10.2 Å². The van der Waals surface area contributed by atoms with E-state index in [1.165, 1.54) is 4.90 Å². The summed E-state index contributed by atoms with van der Waals surface area (Å²) in [6.45, 7) is 2.76. The smallest absolute Gasteiger partial charge is 0.326 e. The molecule has 112 valence electrons. The van der Waals surface area contributed by atoms with E-state index in [0.717, 1.165) is 17.5 Å². The van der Waals surface area contributed by atoms with Gasteiger partial charge in [-0.1, -0.05) is 36.4 Å². The van der Waals surface area contributed by atoms with Crippen molar-refractivity contribution in [1.29, 1.82) is 0 Å². The van der Waals surface area contributed by atoms with Crippen molar-refractivity contribution in [2.24, 2.45) is 0 Å². The summed E-state index contributed by atoms with van der Waals surface area (Å²) in [4.78, 5) is 25.0. The van der Waals surface area contributed by atoms with Crippen molar-refractivity contribution in [3.05, 3.63) is 47.5 Å². The van der Waals surface area contributed by atoms with Gasteiger partial charge in [-0.25, -0.2) is 9.59 Å². The van der Waals surface area contributed by atoms with Crippen LogP contribution in [0.4, 0.5) is 4.79 Å². The van der Waals surface area contributed by atoms with Crippen LogP contribution in [0.1, 0.15) is 24.5 Å². The Morgan fingerprint density at radius 3 is 2.76 bits per heavy atom. The first-order valence-electron chi connectivity index (χ1n) is 7.08. The number of aliphatic carboxylic acids is 1. The van der Waals surface area contributed by atoms with Crippen LogP contribution in [-0.2, 0) is 17.8 Å². The van der Waals surface area contributed by atoms with Crippen LogP contribution < -0.4 is 5.32 Å². The van der Waals surface area contributed by atoms with Crippen molar-refractivity contribution in [3.8, 4) is 0 Å². The molecule has 5 nitrogen and oxygen atoms in total. The van der Waals surface area contributed by atoms with Gasteiger partial charge >= 0.3 is 12.0 Å². The predicted octanol–water partition coefficient (Wildman–Crippen LogP) is 2.17. The van der Waals surface area contributed by atoms with Gasteiger partial charge in [-0.2, -0.15) is 0 Å². The van der Waals surface area contributed by atoms with Gasteiger partial charge in [0.1, 0.15) is 6.04 Å². The standard InChI is InChI=1S/C16H20N2O3/c1-2-3-6-9-17-16(21)18-11-13-8-5-4-7-12(13)10-14(18)15(19)20/h2-5,7-8,14H,6,9-11H2,1H3,(H,17,21)(H,19,20)/b3-2+/t14-/m0/s1. The quantitative estimate of drug-likeness (QED) is 0.659. The first-order chi connectivity index (χ1) is 10.1. The number of carbonyl (C=O) groups is 2. The lowest BCUT2D eigenvalue weighted by molar-refractivity contribution is -0.142. The largest absolute Gasteiger partial charge is 0.480 e. The lowest BCUT2D eigenvalue weighted by Crippen LogP contribution is -2.52. The van der Waals surface area contributed by atoms with E-state index in [-0.39, 0.29) is 6.03 Å². The van der Waals surface area contributed by atoms with E-state index >= 15 is 0 Å². The number of carboxylic acids is 1. The highest BCUT2D eigenvalue weighted by molar-refractivity contribution is 5.83. The molecule has 2 N–H and O–H groups in total. The molecule has 0 saturated heterocycles. The molecule has 0 saturated carbocycles. The fourth-order valence-electron chi connectivity index (χ4n) is 2.49. The van der Waals surface area contributed by atoms with Crippen molar-refractivity contribution in [3.63, 3.8) is 0 Å². The normalized spacial score (nSPS) is 17.6. The molecule has 1 aliphatic rings. The van der Waals surface area contributed by atoms with Gasteiger partial charge in [0.05, 0.1) is 0 Å². The lowest BCUT2D eigenvalue weighted by atomic mass is 9.94. The third-order valence-corrected chi connectivity index (χ3v) is 3.62. The molecule has 0 fully saturated rings. The number of carbonyl (C=O) groups excluding carboxylic acids is 1. The second-order valence-electron chi connectivity index (χ2n) is 5.04. The van der Waals surface area contributed by atoms with Gasteiger partial charge in [-0.15, -0.1) is 0 Å². The highest BCUT2D eigenvalue weighted by Gasteiger charge is 2.34. The number of benzene rings is 1. The molecule has 1 atom stereocenters. The second kappa shape index (κ2) is 6.92. The van der Waals surface area contributed by atoms with Crippen LogP contribution in [0.3, 0.4) is 0 Å². The van der Waals surface area contributed by atoms with Crippen LogP contribution in [0.25, 0.3) is 0 Å². The van der Waals surface area contributed by atoms with E-state index in [1.807, 2.05) is 43.3 Å². The first-order valence-corrected chi connectivity index (χ1v) is 7.08. The Morgan fingerprint density at radius 2 is 2.10 bits per heavy atom. The van der Waals surface area contributed by atoms with Crippen molar-refractivity contribution >= 4 is 12.0 Å². The number of carboxylic acid groups (broad SMARTS) is 1. The maximum atomic E-state index is 12.2. The minimum atomic E-state index is -0.965. The Bertz CT molecular complexity index is 554. The number of rotatable bonds is 4. The summed E-state index contributed by atoms with van der Waals surface area (Å²) >= 11 is 0. The first kappa shape index (κ1) is 15.1. The number of urea groups is 1. The Labute approximate surface area is 124 Å². The average molecular weight is 288 g/mol. The minimum absolute atomic E-state index is 0.318. The topological polar surface area (TPSA) is 69.6 Å². The van der Waals surface area contributed by atoms with E-state index in [4.69, 9.17) is 0 Å². The fourth-order valence-corrected chi connectivity index (χ4v) is 2.49. The lowest BCUT2D eigenvalue weighted by Gasteiger charge is -2.34. The van der Waals surface area contributed by atoms with Crippen LogP contribution in [0.15, 0.2) is 36.4 Å². The number of nitrogens with one attached hydrogen (secondary N) is 1. The molecule has 0 spiro atoms. The molecule has 21 heavy (non-hydrogen) atoms. The van der Waals surface area contributed by atoms with Gasteiger partial charge < -0.3 is 15.3 Å². The summed E-state index contributed by atoms with van der Waals surface area (Å²) < 4.78 is 0. The number of nitrogens with zero attached hydrogens (tertiary/aromatic N) is 1. The number of amides is 2.